The lowest BCUT2D eigenvalue weighted by atomic mass is 10.2. The summed E-state index contributed by atoms with van der Waals surface area (Å²) in [6, 6.07) is 6.46. The van der Waals surface area contributed by atoms with Gasteiger partial charge < -0.3 is 10.9 Å². The predicted molar refractivity (Wildman–Crippen MR) is 69.3 cm³/mol. The Labute approximate surface area is 101 Å². The molecule has 0 bridgehead atoms. The Hall–Kier alpha value is -1.16. The highest BCUT2D eigenvalue weighted by molar-refractivity contribution is 7.99. The molecular formula is C12H18N2OS. The summed E-state index contributed by atoms with van der Waals surface area (Å²) in [6.07, 6.45) is 1.57. The van der Waals surface area contributed by atoms with Gasteiger partial charge in [0.05, 0.1) is 0 Å². The van der Waals surface area contributed by atoms with Gasteiger partial charge in [-0.3, -0.25) is 0 Å². The topological polar surface area (TPSA) is 58.6 Å². The van der Waals surface area contributed by atoms with Crippen molar-refractivity contribution in [3.05, 3.63) is 29.3 Å². The van der Waals surface area contributed by atoms with Crippen molar-refractivity contribution in [3.8, 4) is 0 Å². The van der Waals surface area contributed by atoms with Crippen LogP contribution >= 0.6 is 11.8 Å². The fourth-order valence-electron chi connectivity index (χ4n) is 1.35. The van der Waals surface area contributed by atoms with Crippen LogP contribution in [-0.2, 0) is 0 Å². The first-order chi connectivity index (χ1) is 7.63. The van der Waals surface area contributed by atoms with Gasteiger partial charge in [0, 0.05) is 11.3 Å². The minimum absolute atomic E-state index is 0.307. The molecule has 0 heterocycles. The molecule has 0 aliphatic carbocycles. The number of thioether (sulfide) groups is 1. The van der Waals surface area contributed by atoms with Crippen LogP contribution in [0.1, 0.15) is 24.0 Å². The predicted octanol–water partition coefficient (Wildman–Crippen LogP) is 2.92. The van der Waals surface area contributed by atoms with E-state index >= 15 is 0 Å². The van der Waals surface area contributed by atoms with Crippen molar-refractivity contribution < 1.29 is 5.21 Å². The van der Waals surface area contributed by atoms with E-state index < -0.39 is 0 Å². The number of oxime groups is 1. The summed E-state index contributed by atoms with van der Waals surface area (Å²) in [4.78, 5) is 1.32. The molecule has 0 aromatic heterocycles. The summed E-state index contributed by atoms with van der Waals surface area (Å²) in [5.74, 6) is 1.29. The van der Waals surface area contributed by atoms with Crippen LogP contribution < -0.4 is 5.73 Å². The van der Waals surface area contributed by atoms with Crippen molar-refractivity contribution in [1.29, 1.82) is 0 Å². The van der Waals surface area contributed by atoms with Crippen molar-refractivity contribution >= 4 is 17.6 Å². The maximum atomic E-state index is 8.39. The normalized spacial score (nSPS) is 11.8. The number of nitrogens with two attached hydrogens (primary N) is 1. The summed E-state index contributed by atoms with van der Waals surface area (Å²) in [7, 11) is 0. The van der Waals surface area contributed by atoms with Gasteiger partial charge in [0.1, 0.15) is 5.84 Å². The Balaban J connectivity index is 2.40. The van der Waals surface area contributed by atoms with Crippen LogP contribution in [0.25, 0.3) is 0 Å². The van der Waals surface area contributed by atoms with Gasteiger partial charge in [0.25, 0.3) is 0 Å². The summed E-state index contributed by atoms with van der Waals surface area (Å²) in [5.41, 5.74) is 7.98. The van der Waals surface area contributed by atoms with E-state index in [0.717, 1.165) is 12.2 Å². The van der Waals surface area contributed by atoms with Crippen LogP contribution in [0, 0.1) is 13.8 Å². The molecule has 0 aliphatic heterocycles. The van der Waals surface area contributed by atoms with E-state index in [-0.39, 0.29) is 0 Å². The summed E-state index contributed by atoms with van der Waals surface area (Å²) >= 11 is 1.82. The Morgan fingerprint density at radius 2 is 2.19 bits per heavy atom. The third-order valence-corrected chi connectivity index (χ3v) is 3.55. The third-order valence-electron chi connectivity index (χ3n) is 2.31. The molecule has 1 aromatic rings. The zero-order valence-electron chi connectivity index (χ0n) is 9.73. The molecule has 0 aliphatic rings. The maximum Gasteiger partial charge on any atom is 0.139 e. The highest BCUT2D eigenvalue weighted by Crippen LogP contribution is 2.24. The van der Waals surface area contributed by atoms with Crippen LogP contribution in [0.15, 0.2) is 28.3 Å². The van der Waals surface area contributed by atoms with Gasteiger partial charge in [-0.15, -0.1) is 11.8 Å². The number of nitrogens with zero attached hydrogens (tertiary/aromatic N) is 1. The first-order valence-corrected chi connectivity index (χ1v) is 6.28. The van der Waals surface area contributed by atoms with E-state index in [1.54, 1.807) is 0 Å². The molecule has 0 atom stereocenters. The van der Waals surface area contributed by atoms with E-state index in [1.807, 2.05) is 11.8 Å². The quantitative estimate of drug-likeness (QED) is 0.207. The minimum atomic E-state index is 0.307. The SMILES string of the molecule is Cc1ccc(C)c(SCCC/C(N)=N/O)c1. The minimum Gasteiger partial charge on any atom is -0.409 e. The van der Waals surface area contributed by atoms with Crippen molar-refractivity contribution in [1.82, 2.24) is 0 Å². The molecule has 88 valence electrons. The van der Waals surface area contributed by atoms with Crippen LogP contribution in [-0.4, -0.2) is 16.8 Å². The molecule has 0 radical (unpaired) electrons. The highest BCUT2D eigenvalue weighted by atomic mass is 32.2. The zero-order valence-corrected chi connectivity index (χ0v) is 10.5. The summed E-state index contributed by atoms with van der Waals surface area (Å²) in [5, 5.41) is 11.3. The monoisotopic (exact) mass is 238 g/mol. The maximum absolute atomic E-state index is 8.39. The summed E-state index contributed by atoms with van der Waals surface area (Å²) in [6.45, 7) is 4.21. The van der Waals surface area contributed by atoms with Gasteiger partial charge in [-0.1, -0.05) is 22.9 Å². The Bertz CT molecular complexity index is 377. The number of aryl methyl sites for hydroxylation is 2. The molecule has 0 saturated heterocycles. The van der Waals surface area contributed by atoms with Gasteiger partial charge in [-0.05, 0) is 37.7 Å². The molecule has 0 spiro atoms. The lowest BCUT2D eigenvalue weighted by Crippen LogP contribution is -2.11. The molecular weight excluding hydrogens is 220 g/mol. The van der Waals surface area contributed by atoms with Crippen molar-refractivity contribution in [2.45, 2.75) is 31.6 Å². The number of hydrogen-bond donors (Lipinski definition) is 2. The third kappa shape index (κ3) is 4.14. The van der Waals surface area contributed by atoms with Crippen molar-refractivity contribution in [2.75, 3.05) is 5.75 Å². The Kier molecular flexibility index (Phi) is 5.19. The number of rotatable bonds is 5. The van der Waals surface area contributed by atoms with Gasteiger partial charge in [0.2, 0.25) is 0 Å². The average Bonchev–Trinajstić information content (AvgIpc) is 2.28. The largest absolute Gasteiger partial charge is 0.409 e. The van der Waals surface area contributed by atoms with Gasteiger partial charge in [-0.25, -0.2) is 0 Å². The van der Waals surface area contributed by atoms with Gasteiger partial charge in [0.15, 0.2) is 0 Å². The zero-order chi connectivity index (χ0) is 12.0. The second-order valence-electron chi connectivity index (χ2n) is 3.81. The molecule has 4 heteroatoms. The van der Waals surface area contributed by atoms with Crippen LogP contribution in [0.5, 0.6) is 0 Å². The number of hydrogen-bond acceptors (Lipinski definition) is 3. The smallest absolute Gasteiger partial charge is 0.139 e. The van der Waals surface area contributed by atoms with Gasteiger partial charge in [-0.2, -0.15) is 0 Å². The van der Waals surface area contributed by atoms with E-state index in [9.17, 15) is 0 Å². The van der Waals surface area contributed by atoms with Crippen LogP contribution in [0.4, 0.5) is 0 Å². The molecule has 1 rings (SSSR count). The fourth-order valence-corrected chi connectivity index (χ4v) is 2.42. The molecule has 0 fully saturated rings. The Morgan fingerprint density at radius 1 is 1.44 bits per heavy atom. The van der Waals surface area contributed by atoms with E-state index in [4.69, 9.17) is 10.9 Å². The van der Waals surface area contributed by atoms with Crippen LogP contribution in [0.3, 0.4) is 0 Å². The molecule has 0 amide bonds. The molecule has 16 heavy (non-hydrogen) atoms. The fraction of sp³-hybridized carbons (Fsp3) is 0.417. The second kappa shape index (κ2) is 6.43. The van der Waals surface area contributed by atoms with Crippen LogP contribution in [0.2, 0.25) is 0 Å². The summed E-state index contributed by atoms with van der Waals surface area (Å²) < 4.78 is 0. The molecule has 0 saturated carbocycles. The molecule has 0 unspecified atom stereocenters. The Morgan fingerprint density at radius 3 is 2.88 bits per heavy atom. The highest BCUT2D eigenvalue weighted by Gasteiger charge is 2.00. The van der Waals surface area contributed by atoms with Gasteiger partial charge >= 0.3 is 0 Å². The van der Waals surface area contributed by atoms with Crippen molar-refractivity contribution in [2.24, 2.45) is 10.9 Å². The van der Waals surface area contributed by atoms with Crippen molar-refractivity contribution in [3.63, 3.8) is 0 Å². The number of benzene rings is 1. The first kappa shape index (κ1) is 12.9. The standard InChI is InChI=1S/C12H18N2OS/c1-9-5-6-10(2)11(8-9)16-7-3-4-12(13)14-15/h5-6,8,15H,3-4,7H2,1-2H3,(H2,13,14). The van der Waals surface area contributed by atoms with E-state index in [2.05, 4.69) is 37.2 Å². The number of amidine groups is 1. The van der Waals surface area contributed by atoms with E-state index in [1.165, 1.54) is 16.0 Å². The second-order valence-corrected chi connectivity index (χ2v) is 4.95. The lowest BCUT2D eigenvalue weighted by molar-refractivity contribution is 0.317. The average molecular weight is 238 g/mol. The lowest BCUT2D eigenvalue weighted by Gasteiger charge is -2.06. The molecule has 3 N–H and O–H groups in total. The first-order valence-electron chi connectivity index (χ1n) is 5.30. The molecule has 1 aromatic carbocycles. The molecule has 3 nitrogen and oxygen atoms in total. The van der Waals surface area contributed by atoms with E-state index in [0.29, 0.717) is 12.3 Å².